The zero-order chi connectivity index (χ0) is 19.3. The summed E-state index contributed by atoms with van der Waals surface area (Å²) in [7, 11) is 0. The molecule has 142 valence electrons. The third kappa shape index (κ3) is 4.09. The van der Waals surface area contributed by atoms with Gasteiger partial charge in [-0.25, -0.2) is 4.98 Å². The van der Waals surface area contributed by atoms with E-state index in [0.717, 1.165) is 16.1 Å². The minimum atomic E-state index is -0.454. The van der Waals surface area contributed by atoms with Crippen molar-refractivity contribution in [3.05, 3.63) is 78.4 Å². The number of hydrogen-bond acceptors (Lipinski definition) is 5. The minimum absolute atomic E-state index is 0.0666. The van der Waals surface area contributed by atoms with Crippen LogP contribution < -0.4 is 4.90 Å². The van der Waals surface area contributed by atoms with Gasteiger partial charge in [-0.2, -0.15) is 0 Å². The van der Waals surface area contributed by atoms with Crippen LogP contribution in [0.4, 0.5) is 5.69 Å². The quantitative estimate of drug-likeness (QED) is 0.602. The Morgan fingerprint density at radius 3 is 2.75 bits per heavy atom. The van der Waals surface area contributed by atoms with E-state index in [4.69, 9.17) is 4.74 Å². The number of para-hydroxylation sites is 1. The van der Waals surface area contributed by atoms with Gasteiger partial charge in [0.05, 0.1) is 11.4 Å². The van der Waals surface area contributed by atoms with Gasteiger partial charge in [0.15, 0.2) is 0 Å². The molecule has 1 aliphatic rings. The van der Waals surface area contributed by atoms with Gasteiger partial charge in [0.2, 0.25) is 5.91 Å². The third-order valence-electron chi connectivity index (χ3n) is 4.46. The van der Waals surface area contributed by atoms with Crippen LogP contribution in [-0.4, -0.2) is 33.7 Å². The van der Waals surface area contributed by atoms with E-state index in [1.54, 1.807) is 6.20 Å². The molecule has 2 aromatic carbocycles. The van der Waals surface area contributed by atoms with E-state index in [-0.39, 0.29) is 19.1 Å². The second-order valence-corrected chi connectivity index (χ2v) is 7.37. The molecule has 1 aromatic heterocycles. The Morgan fingerprint density at radius 2 is 1.89 bits per heavy atom. The number of nitrogens with zero attached hydrogens (tertiary/aromatic N) is 3. The van der Waals surface area contributed by atoms with Crippen LogP contribution in [0.1, 0.15) is 11.4 Å². The summed E-state index contributed by atoms with van der Waals surface area (Å²) in [5.41, 5.74) is 1.90. The maximum Gasteiger partial charge on any atom is 0.326 e. The second kappa shape index (κ2) is 8.31. The minimum Gasteiger partial charge on any atom is -0.456 e. The van der Waals surface area contributed by atoms with Crippen LogP contribution in [0, 0.1) is 0 Å². The summed E-state index contributed by atoms with van der Waals surface area (Å²) in [6.07, 6.45) is 3.55. The molecule has 0 spiro atoms. The van der Waals surface area contributed by atoms with E-state index in [1.807, 2.05) is 65.4 Å². The molecule has 0 saturated heterocycles. The molecule has 28 heavy (non-hydrogen) atoms. The maximum absolute atomic E-state index is 12.4. The van der Waals surface area contributed by atoms with Crippen LogP contribution in [-0.2, 0) is 27.5 Å². The molecule has 7 heteroatoms. The molecular weight excluding hydrogens is 374 g/mol. The predicted octanol–water partition coefficient (Wildman–Crippen LogP) is 3.11. The number of benzene rings is 2. The summed E-state index contributed by atoms with van der Waals surface area (Å²) >= 11 is 1.49. The van der Waals surface area contributed by atoms with Crippen LogP contribution >= 0.6 is 11.8 Å². The van der Waals surface area contributed by atoms with E-state index in [0.29, 0.717) is 18.1 Å². The van der Waals surface area contributed by atoms with Crippen LogP contribution in [0.3, 0.4) is 0 Å². The largest absolute Gasteiger partial charge is 0.456 e. The maximum atomic E-state index is 12.4. The van der Waals surface area contributed by atoms with Crippen molar-refractivity contribution in [1.29, 1.82) is 0 Å². The Labute approximate surface area is 167 Å². The summed E-state index contributed by atoms with van der Waals surface area (Å²) in [5, 5.41) is 0. The third-order valence-corrected chi connectivity index (χ3v) is 5.50. The standard InChI is InChI=1S/C21H19N3O3S/c25-20-15-28-18-9-5-4-8-17(18)24(20)13-21(26)27-14-19-22-10-11-23(19)12-16-6-2-1-3-7-16/h1-11H,12-15H2. The highest BCUT2D eigenvalue weighted by Gasteiger charge is 2.26. The number of fused-ring (bicyclic) bond motifs is 1. The van der Waals surface area contributed by atoms with Crippen LogP contribution in [0.15, 0.2) is 71.9 Å². The van der Waals surface area contributed by atoms with Gasteiger partial charge < -0.3 is 9.30 Å². The summed E-state index contributed by atoms with van der Waals surface area (Å²) in [6, 6.07) is 17.6. The average Bonchev–Trinajstić information content (AvgIpc) is 3.16. The molecule has 0 aliphatic carbocycles. The normalized spacial score (nSPS) is 13.3. The molecule has 2 heterocycles. The monoisotopic (exact) mass is 393 g/mol. The number of carbonyl (C=O) groups is 2. The summed E-state index contributed by atoms with van der Waals surface area (Å²) in [6.45, 7) is 0.621. The van der Waals surface area contributed by atoms with Gasteiger partial charge in [-0.3, -0.25) is 14.5 Å². The fourth-order valence-corrected chi connectivity index (χ4v) is 3.99. The lowest BCUT2D eigenvalue weighted by atomic mass is 10.2. The van der Waals surface area contributed by atoms with Gasteiger partial charge in [0, 0.05) is 23.8 Å². The topological polar surface area (TPSA) is 64.4 Å². The predicted molar refractivity (Wildman–Crippen MR) is 107 cm³/mol. The summed E-state index contributed by atoms with van der Waals surface area (Å²) in [4.78, 5) is 31.4. The second-order valence-electron chi connectivity index (χ2n) is 6.35. The highest BCUT2D eigenvalue weighted by atomic mass is 32.2. The van der Waals surface area contributed by atoms with Crippen LogP contribution in [0.25, 0.3) is 0 Å². The highest BCUT2D eigenvalue weighted by Crippen LogP contribution is 2.34. The molecule has 0 bridgehead atoms. The zero-order valence-electron chi connectivity index (χ0n) is 15.2. The molecule has 6 nitrogen and oxygen atoms in total. The van der Waals surface area contributed by atoms with Crippen molar-refractivity contribution in [2.45, 2.75) is 18.0 Å². The average molecular weight is 393 g/mol. The van der Waals surface area contributed by atoms with Crippen LogP contribution in [0.2, 0.25) is 0 Å². The molecular formula is C21H19N3O3S. The molecule has 3 aromatic rings. The molecule has 1 amide bonds. The Hall–Kier alpha value is -3.06. The molecule has 0 fully saturated rings. The van der Waals surface area contributed by atoms with Gasteiger partial charge in [-0.1, -0.05) is 42.5 Å². The Morgan fingerprint density at radius 1 is 1.11 bits per heavy atom. The number of anilines is 1. The first-order valence-corrected chi connectivity index (χ1v) is 9.91. The number of hydrogen-bond donors (Lipinski definition) is 0. The van der Waals surface area contributed by atoms with Crippen molar-refractivity contribution in [2.75, 3.05) is 17.2 Å². The van der Waals surface area contributed by atoms with Crippen LogP contribution in [0.5, 0.6) is 0 Å². The van der Waals surface area contributed by atoms with Crippen molar-refractivity contribution in [3.63, 3.8) is 0 Å². The Balaban J connectivity index is 1.38. The molecule has 0 unspecified atom stereocenters. The number of esters is 1. The first kappa shape index (κ1) is 18.3. The van der Waals surface area contributed by atoms with Crippen molar-refractivity contribution in [3.8, 4) is 0 Å². The van der Waals surface area contributed by atoms with E-state index in [2.05, 4.69) is 4.98 Å². The number of aromatic nitrogens is 2. The molecule has 4 rings (SSSR count). The smallest absolute Gasteiger partial charge is 0.326 e. The SMILES string of the molecule is O=C(CN1C(=O)CSc2ccccc21)OCc1nccn1Cc1ccccc1. The van der Waals surface area contributed by atoms with Gasteiger partial charge in [-0.05, 0) is 17.7 Å². The van der Waals surface area contributed by atoms with Crippen molar-refractivity contribution in [1.82, 2.24) is 9.55 Å². The number of carbonyl (C=O) groups excluding carboxylic acids is 2. The Kier molecular flexibility index (Phi) is 5.43. The lowest BCUT2D eigenvalue weighted by molar-refractivity contribution is -0.144. The number of thioether (sulfide) groups is 1. The number of ether oxygens (including phenoxy) is 1. The van der Waals surface area contributed by atoms with Crippen molar-refractivity contribution in [2.24, 2.45) is 0 Å². The lowest BCUT2D eigenvalue weighted by Crippen LogP contribution is -2.39. The first-order valence-electron chi connectivity index (χ1n) is 8.92. The lowest BCUT2D eigenvalue weighted by Gasteiger charge is -2.27. The van der Waals surface area contributed by atoms with E-state index >= 15 is 0 Å². The molecule has 1 aliphatic heterocycles. The first-order chi connectivity index (χ1) is 13.7. The zero-order valence-corrected chi connectivity index (χ0v) is 16.0. The van der Waals surface area contributed by atoms with Crippen molar-refractivity contribution < 1.29 is 14.3 Å². The van der Waals surface area contributed by atoms with E-state index in [1.165, 1.54) is 16.7 Å². The highest BCUT2D eigenvalue weighted by molar-refractivity contribution is 8.00. The van der Waals surface area contributed by atoms with E-state index < -0.39 is 5.97 Å². The van der Waals surface area contributed by atoms with Gasteiger partial charge in [-0.15, -0.1) is 11.8 Å². The fraction of sp³-hybridized carbons (Fsp3) is 0.190. The van der Waals surface area contributed by atoms with Gasteiger partial charge >= 0.3 is 5.97 Å². The van der Waals surface area contributed by atoms with Gasteiger partial charge in [0.25, 0.3) is 0 Å². The van der Waals surface area contributed by atoms with Gasteiger partial charge in [0.1, 0.15) is 19.0 Å². The Bertz CT molecular complexity index is 987. The molecule has 0 atom stereocenters. The summed E-state index contributed by atoms with van der Waals surface area (Å²) in [5.74, 6) is 0.444. The summed E-state index contributed by atoms with van der Waals surface area (Å²) < 4.78 is 7.35. The number of amides is 1. The number of imidazole rings is 1. The molecule has 0 saturated carbocycles. The number of rotatable bonds is 6. The van der Waals surface area contributed by atoms with Crippen molar-refractivity contribution >= 4 is 29.3 Å². The van der Waals surface area contributed by atoms with E-state index in [9.17, 15) is 9.59 Å². The fourth-order valence-electron chi connectivity index (χ4n) is 3.05. The molecule has 0 N–H and O–H groups in total. The molecule has 0 radical (unpaired) electrons.